The van der Waals surface area contributed by atoms with Gasteiger partial charge in [0.25, 0.3) is 80.9 Å². The largest absolute Gasteiger partial charge is 0.497 e. The van der Waals surface area contributed by atoms with Crippen LogP contribution in [0.5, 0.6) is 5.75 Å². The van der Waals surface area contributed by atoms with E-state index in [0.29, 0.717) is 82.1 Å². The van der Waals surface area contributed by atoms with E-state index in [-0.39, 0.29) is 86.2 Å². The van der Waals surface area contributed by atoms with Crippen molar-refractivity contribution in [3.05, 3.63) is 172 Å². The third-order valence-electron chi connectivity index (χ3n) is 22.8. The molecule has 0 aromatic heterocycles. The van der Waals surface area contributed by atoms with Gasteiger partial charge < -0.3 is 40.7 Å². The molecular formula is C100H178ClFN7O25S8+. The Morgan fingerprint density at radius 2 is 0.732 bits per heavy atom. The molecule has 0 spiro atoms. The maximum absolute atomic E-state index is 13.0. The van der Waals surface area contributed by atoms with E-state index in [1.165, 1.54) is 131 Å². The standard InChI is InChI=1S/C17H27NO4S.C16H24ClNO3S.C16H24FNO3S.C14H21NO3S.C13H28O3S.C12H23NO3S.2C6H15NO3S/c1-17(2,3)11-10-16(18-12-5-13-23(19,20)21)14-6-8-15(22-4)9-7-14;2*1-16(2,3)10-9-15(13-5-7-14(17)8-6-13)18-11-4-12-22(19,20)21;16-19(17,18)11-4-3-10-15-14-9-5-7-12-6-1-2-8-13(12)14;1-2-3-4-5-6-7-8-9-10-11-12-13-17(14,15)16;14-17(15,16)11-3-1-2-7-13-8-4-12(5-9-13)6-10-13;1-7(2)5-3-4-6-11(8,9)10;1-2-7-5-3-4-6-11(8,9)10/h6-11,16,18H,5,12-13H2,1-4H3,(H,19,20,21);2*5-10,15,18H,4,11-12H2,1-3H3,(H,19,20,21);1-2,6,8,14-15H,3-5,7,9-11H2,(H,16,17,18);2-13H2,1H3,(H,14,15,16);12H,1-11H2;3-6H2,1-2H3,(H,8,9,10);7H,2-6H2,1H3,(H,8,9,10)/p+1/b11-10+;2*10-9+;;;;;/t16-;2*15-;;;;;/m111...../s1. The zero-order valence-electron chi connectivity index (χ0n) is 87.0. The Morgan fingerprint density at radius 3 is 1.08 bits per heavy atom. The molecule has 4 aromatic rings. The number of hydrogen-bond donors (Lipinski definition) is 13. The Morgan fingerprint density at radius 1 is 0.408 bits per heavy atom. The van der Waals surface area contributed by atoms with Gasteiger partial charge in [0.2, 0.25) is 0 Å². The molecule has 32 nitrogen and oxygen atoms in total. The topological polar surface area (TPSA) is 508 Å². The number of quaternary nitrogens is 1. The molecule has 1 unspecified atom stereocenters. The highest BCUT2D eigenvalue weighted by Crippen LogP contribution is 2.35. The van der Waals surface area contributed by atoms with Crippen LogP contribution in [0.1, 0.15) is 308 Å². The molecular weight excluding hydrogens is 2010 g/mol. The van der Waals surface area contributed by atoms with Gasteiger partial charge >= 0.3 is 0 Å². The summed E-state index contributed by atoms with van der Waals surface area (Å²) in [6.45, 7) is 33.1. The minimum Gasteiger partial charge on any atom is -0.497 e. The van der Waals surface area contributed by atoms with E-state index in [0.717, 1.165) is 112 Å². The first kappa shape index (κ1) is 137. The molecule has 4 atom stereocenters. The lowest BCUT2D eigenvalue weighted by Gasteiger charge is -2.49. The van der Waals surface area contributed by atoms with Crippen molar-refractivity contribution < 1.29 is 117 Å². The van der Waals surface area contributed by atoms with E-state index in [2.05, 4.69) is 150 Å². The maximum Gasteiger partial charge on any atom is 0.264 e. The molecule has 8 rings (SSSR count). The lowest BCUT2D eigenvalue weighted by molar-refractivity contribution is -0.942. The van der Waals surface area contributed by atoms with Gasteiger partial charge in [-0.3, -0.25) is 36.4 Å². The number of rotatable bonds is 57. The highest BCUT2D eigenvalue weighted by Gasteiger charge is 2.39. The van der Waals surface area contributed by atoms with E-state index in [1.54, 1.807) is 19.2 Å². The van der Waals surface area contributed by atoms with Crippen LogP contribution in [0.4, 0.5) is 4.39 Å². The van der Waals surface area contributed by atoms with Crippen LogP contribution >= 0.6 is 11.6 Å². The number of piperidine rings is 3. The molecule has 3 aliphatic heterocycles. The molecule has 142 heavy (non-hydrogen) atoms. The van der Waals surface area contributed by atoms with Gasteiger partial charge in [-0.1, -0.05) is 249 Å². The second-order valence-electron chi connectivity index (χ2n) is 40.1. The van der Waals surface area contributed by atoms with Crippen LogP contribution < -0.4 is 31.3 Å². The molecule has 3 fully saturated rings. The molecule has 2 bridgehead atoms. The zero-order chi connectivity index (χ0) is 108. The molecule has 0 amide bonds. The van der Waals surface area contributed by atoms with Crippen molar-refractivity contribution in [3.8, 4) is 5.75 Å². The molecule has 42 heteroatoms. The average molecular weight is 2190 g/mol. The summed E-state index contributed by atoms with van der Waals surface area (Å²) in [6, 6.07) is 30.2. The fourth-order valence-corrected chi connectivity index (χ4v) is 19.6. The first-order chi connectivity index (χ1) is 65.8. The molecule has 824 valence electrons. The minimum atomic E-state index is -3.94. The Hall–Kier alpha value is -4.88. The van der Waals surface area contributed by atoms with Crippen molar-refractivity contribution >= 4 is 92.5 Å². The van der Waals surface area contributed by atoms with Crippen molar-refractivity contribution in [2.24, 2.45) is 22.2 Å². The fourth-order valence-electron chi connectivity index (χ4n) is 15.1. The van der Waals surface area contributed by atoms with E-state index in [1.807, 2.05) is 80.5 Å². The normalized spacial score (nSPS) is 16.5. The molecule has 0 radical (unpaired) electrons. The van der Waals surface area contributed by atoms with Crippen LogP contribution in [0, 0.1) is 28.0 Å². The Balaban J connectivity index is 0.00000162. The number of nitrogens with zero attached hydrogens (tertiary/aromatic N) is 2. The number of halogens is 2. The summed E-state index contributed by atoms with van der Waals surface area (Å²) < 4.78 is 257. The first-order valence-electron chi connectivity index (χ1n) is 49.9. The van der Waals surface area contributed by atoms with Gasteiger partial charge in [0, 0.05) is 11.1 Å². The third kappa shape index (κ3) is 85.0. The van der Waals surface area contributed by atoms with Crippen LogP contribution in [-0.2, 0) is 87.4 Å². The van der Waals surface area contributed by atoms with Crippen molar-refractivity contribution in [2.75, 3.05) is 139 Å². The van der Waals surface area contributed by atoms with Crippen molar-refractivity contribution in [1.29, 1.82) is 0 Å². The molecule has 1 aliphatic carbocycles. The molecule has 13 N–H and O–H groups in total. The quantitative estimate of drug-likeness (QED) is 0.00845. The van der Waals surface area contributed by atoms with Crippen LogP contribution in [-0.4, -0.2) is 252 Å². The highest BCUT2D eigenvalue weighted by molar-refractivity contribution is 7.87. The average Bonchev–Trinajstić information content (AvgIpc) is 0.798. The second kappa shape index (κ2) is 72.5. The van der Waals surface area contributed by atoms with E-state index < -0.39 is 80.9 Å². The van der Waals surface area contributed by atoms with E-state index in [9.17, 15) is 71.7 Å². The second-order valence-corrected chi connectivity index (χ2v) is 53.1. The summed E-state index contributed by atoms with van der Waals surface area (Å²) in [5.74, 6) is 0.184. The SMILES string of the molecule is CC(C)(C)/C=C/[C@@H](NCCCS(=O)(=O)O)c1ccc(Cl)cc1.CC(C)(C)/C=C/[C@@H](NCCCS(=O)(=O)O)c1ccc(F)cc1.CCCCCCCCCCCCCS(=O)(=O)O.CCNCCCCS(=O)(=O)O.CN(C)CCCCS(=O)(=O)O.COc1ccc([C@@H](/C=C/C(C)(C)C)NCCCS(=O)(=O)O)cc1.O=S(=O)(O)CCCCC[N+]12CCC(CC1)CC2.O=S(=O)(O)CCCCNC1CCCc2ccccc21. The van der Waals surface area contributed by atoms with Gasteiger partial charge in [0.1, 0.15) is 11.6 Å². The lowest BCUT2D eigenvalue weighted by Crippen LogP contribution is -2.58. The summed E-state index contributed by atoms with van der Waals surface area (Å²) in [7, 11) is -25.0. The Kier molecular flexibility index (Phi) is 70.0. The number of fused-ring (bicyclic) bond motifs is 4. The minimum absolute atomic E-state index is 0.00833. The van der Waals surface area contributed by atoms with Gasteiger partial charge in [-0.2, -0.15) is 67.3 Å². The Bertz CT molecular complexity index is 4980. The number of unbranched alkanes of at least 4 members (excludes halogenated alkanes) is 15. The number of benzene rings is 4. The van der Waals surface area contributed by atoms with E-state index >= 15 is 0 Å². The van der Waals surface area contributed by atoms with Gasteiger partial charge in [-0.15, -0.1) is 0 Å². The number of aryl methyl sites for hydroxylation is 1. The maximum atomic E-state index is 13.0. The van der Waals surface area contributed by atoms with Gasteiger partial charge in [0.15, 0.2) is 0 Å². The fraction of sp³-hybridized carbons (Fsp3) is 0.700. The van der Waals surface area contributed by atoms with E-state index in [4.69, 9.17) is 52.8 Å². The first-order valence-corrected chi connectivity index (χ1v) is 63.1. The van der Waals surface area contributed by atoms with Crippen LogP contribution in [0.3, 0.4) is 0 Å². The summed E-state index contributed by atoms with van der Waals surface area (Å²) in [4.78, 5) is 1.98. The summed E-state index contributed by atoms with van der Waals surface area (Å²) in [6.07, 6.45) is 40.7. The lowest BCUT2D eigenvalue weighted by atomic mass is 9.85. The zero-order valence-corrected chi connectivity index (χ0v) is 94.3. The molecule has 4 aliphatic rings. The van der Waals surface area contributed by atoms with Gasteiger partial charge in [0.05, 0.1) is 97.4 Å². The Labute approximate surface area is 860 Å². The number of hydrogen-bond acceptors (Lipinski definition) is 23. The van der Waals surface area contributed by atoms with Crippen molar-refractivity contribution in [2.45, 2.75) is 287 Å². The number of ether oxygens (including phenoxy) is 1. The molecule has 4 aromatic carbocycles. The predicted octanol–water partition coefficient (Wildman–Crippen LogP) is 19.1. The monoisotopic (exact) mass is 2190 g/mol. The number of nitrogens with one attached hydrogen (secondary N) is 5. The summed E-state index contributed by atoms with van der Waals surface area (Å²) in [5.41, 5.74) is 5.94. The smallest absolute Gasteiger partial charge is 0.264 e. The van der Waals surface area contributed by atoms with Crippen molar-refractivity contribution in [1.82, 2.24) is 31.5 Å². The van der Waals surface area contributed by atoms with Crippen molar-refractivity contribution in [3.63, 3.8) is 0 Å². The highest BCUT2D eigenvalue weighted by atomic mass is 35.5. The predicted molar refractivity (Wildman–Crippen MR) is 576 cm³/mol. The summed E-state index contributed by atoms with van der Waals surface area (Å²) in [5, 5.41) is 17.0. The third-order valence-corrected chi connectivity index (χ3v) is 29.5. The molecule has 3 saturated heterocycles. The van der Waals surface area contributed by atoms with Crippen LogP contribution in [0.15, 0.2) is 134 Å². The molecule has 0 saturated carbocycles. The summed E-state index contributed by atoms with van der Waals surface area (Å²) >= 11 is 5.91. The van der Waals surface area contributed by atoms with Crippen LogP contribution in [0.25, 0.3) is 0 Å². The van der Waals surface area contributed by atoms with Gasteiger partial charge in [-0.25, -0.2) is 4.39 Å². The van der Waals surface area contributed by atoms with Gasteiger partial charge in [-0.05, 0) is 268 Å². The molecule has 3 heterocycles. The van der Waals surface area contributed by atoms with Crippen LogP contribution in [0.2, 0.25) is 5.02 Å². The number of methoxy groups -OCH3 is 1. The number of allylic oxidation sites excluding steroid dienone is 3.